The Hall–Kier alpha value is -0.570. The quantitative estimate of drug-likeness (QED) is 0.743. The first-order valence-corrected chi connectivity index (χ1v) is 5.89. The van der Waals surface area contributed by atoms with Crippen LogP contribution in [0, 0.1) is 5.41 Å². The SMILES string of the molecule is C[C@@H]1O[C@H](c2ccc(Cl)cc2)OCC1(C)C. The summed E-state index contributed by atoms with van der Waals surface area (Å²) < 4.78 is 11.6. The second-order valence-electron chi connectivity index (χ2n) is 4.96. The molecule has 1 aromatic carbocycles. The molecule has 2 atom stereocenters. The van der Waals surface area contributed by atoms with E-state index < -0.39 is 0 Å². The van der Waals surface area contributed by atoms with Crippen LogP contribution in [0.1, 0.15) is 32.6 Å². The minimum absolute atomic E-state index is 0.0723. The molecular weight excluding hydrogens is 224 g/mol. The third-order valence-electron chi connectivity index (χ3n) is 3.18. The largest absolute Gasteiger partial charge is 0.348 e. The molecule has 88 valence electrons. The van der Waals surface area contributed by atoms with Gasteiger partial charge in [-0.15, -0.1) is 0 Å². The van der Waals surface area contributed by atoms with E-state index in [1.165, 1.54) is 0 Å². The van der Waals surface area contributed by atoms with Gasteiger partial charge in [-0.2, -0.15) is 0 Å². The first-order valence-electron chi connectivity index (χ1n) is 5.51. The molecule has 1 saturated heterocycles. The van der Waals surface area contributed by atoms with Gasteiger partial charge in [-0.25, -0.2) is 0 Å². The van der Waals surface area contributed by atoms with Crippen molar-refractivity contribution in [3.8, 4) is 0 Å². The van der Waals surface area contributed by atoms with Crippen LogP contribution >= 0.6 is 11.6 Å². The van der Waals surface area contributed by atoms with Crippen molar-refractivity contribution >= 4 is 11.6 Å². The molecule has 1 fully saturated rings. The summed E-state index contributed by atoms with van der Waals surface area (Å²) in [5.41, 5.74) is 1.09. The first kappa shape index (κ1) is 11.9. The van der Waals surface area contributed by atoms with E-state index in [1.807, 2.05) is 24.3 Å². The van der Waals surface area contributed by atoms with Gasteiger partial charge >= 0.3 is 0 Å². The number of ether oxygens (including phenoxy) is 2. The zero-order valence-electron chi connectivity index (χ0n) is 9.87. The lowest BCUT2D eigenvalue weighted by atomic mass is 9.87. The van der Waals surface area contributed by atoms with E-state index in [2.05, 4.69) is 20.8 Å². The molecule has 0 saturated carbocycles. The van der Waals surface area contributed by atoms with E-state index in [-0.39, 0.29) is 17.8 Å². The molecular formula is C13H17ClO2. The highest BCUT2D eigenvalue weighted by molar-refractivity contribution is 6.30. The van der Waals surface area contributed by atoms with E-state index in [0.29, 0.717) is 6.61 Å². The molecule has 16 heavy (non-hydrogen) atoms. The van der Waals surface area contributed by atoms with Crippen LogP contribution in [0.4, 0.5) is 0 Å². The van der Waals surface area contributed by atoms with Gasteiger partial charge in [-0.1, -0.05) is 37.6 Å². The fraction of sp³-hybridized carbons (Fsp3) is 0.538. The highest BCUT2D eigenvalue weighted by Gasteiger charge is 2.35. The third-order valence-corrected chi connectivity index (χ3v) is 3.43. The second-order valence-corrected chi connectivity index (χ2v) is 5.40. The molecule has 2 nitrogen and oxygen atoms in total. The maximum atomic E-state index is 5.86. The number of benzene rings is 1. The number of halogens is 1. The van der Waals surface area contributed by atoms with Crippen LogP contribution in [0.15, 0.2) is 24.3 Å². The van der Waals surface area contributed by atoms with E-state index in [1.54, 1.807) is 0 Å². The fourth-order valence-corrected chi connectivity index (χ4v) is 1.74. The summed E-state index contributed by atoms with van der Waals surface area (Å²) in [4.78, 5) is 0. The summed E-state index contributed by atoms with van der Waals surface area (Å²) in [6.45, 7) is 7.10. The number of rotatable bonds is 1. The zero-order valence-corrected chi connectivity index (χ0v) is 10.6. The van der Waals surface area contributed by atoms with Crippen LogP contribution in [0.3, 0.4) is 0 Å². The van der Waals surface area contributed by atoms with Crippen LogP contribution < -0.4 is 0 Å². The van der Waals surface area contributed by atoms with Gasteiger partial charge in [0.2, 0.25) is 0 Å². The van der Waals surface area contributed by atoms with Crippen LogP contribution in [-0.4, -0.2) is 12.7 Å². The Balaban J connectivity index is 2.10. The molecule has 0 aromatic heterocycles. The van der Waals surface area contributed by atoms with Crippen LogP contribution in [0.5, 0.6) is 0 Å². The Kier molecular flexibility index (Phi) is 3.24. The Morgan fingerprint density at radius 1 is 1.25 bits per heavy atom. The van der Waals surface area contributed by atoms with Gasteiger partial charge in [-0.3, -0.25) is 0 Å². The average Bonchev–Trinajstić information content (AvgIpc) is 2.24. The van der Waals surface area contributed by atoms with Crippen LogP contribution in [0.2, 0.25) is 5.02 Å². The minimum Gasteiger partial charge on any atom is -0.348 e. The molecule has 0 radical (unpaired) electrons. The molecule has 0 aliphatic carbocycles. The maximum absolute atomic E-state index is 5.86. The Bertz CT molecular complexity index is 359. The molecule has 2 rings (SSSR count). The van der Waals surface area contributed by atoms with E-state index in [4.69, 9.17) is 21.1 Å². The summed E-state index contributed by atoms with van der Waals surface area (Å²) in [6.07, 6.45) is -0.0813. The van der Waals surface area contributed by atoms with Crippen LogP contribution in [0.25, 0.3) is 0 Å². The Labute approximate surface area is 102 Å². The lowest BCUT2D eigenvalue weighted by Crippen LogP contribution is -2.40. The van der Waals surface area contributed by atoms with Gasteiger partial charge in [-0.05, 0) is 19.1 Å². The third kappa shape index (κ3) is 2.40. The van der Waals surface area contributed by atoms with Crippen molar-refractivity contribution < 1.29 is 9.47 Å². The minimum atomic E-state index is -0.264. The van der Waals surface area contributed by atoms with Gasteiger partial charge in [0, 0.05) is 16.0 Å². The normalized spacial score (nSPS) is 29.0. The highest BCUT2D eigenvalue weighted by atomic mass is 35.5. The molecule has 1 heterocycles. The van der Waals surface area contributed by atoms with E-state index in [0.717, 1.165) is 10.6 Å². The molecule has 1 aromatic rings. The topological polar surface area (TPSA) is 18.5 Å². The van der Waals surface area contributed by atoms with Gasteiger partial charge < -0.3 is 9.47 Å². The van der Waals surface area contributed by atoms with Crippen molar-refractivity contribution in [1.29, 1.82) is 0 Å². The molecule has 0 amide bonds. The summed E-state index contributed by atoms with van der Waals surface area (Å²) in [6, 6.07) is 7.60. The molecule has 0 spiro atoms. The van der Waals surface area contributed by atoms with E-state index in [9.17, 15) is 0 Å². The van der Waals surface area contributed by atoms with Gasteiger partial charge in [0.15, 0.2) is 6.29 Å². The second kappa shape index (κ2) is 4.36. The van der Waals surface area contributed by atoms with Gasteiger partial charge in [0.05, 0.1) is 12.7 Å². The predicted octanol–water partition coefficient (Wildman–Crippen LogP) is 3.80. The first-order chi connectivity index (χ1) is 7.49. The molecule has 1 aliphatic heterocycles. The molecule has 0 bridgehead atoms. The molecule has 0 N–H and O–H groups in total. The molecule has 3 heteroatoms. The summed E-state index contributed by atoms with van der Waals surface area (Å²) in [5.74, 6) is 0. The molecule has 0 unspecified atom stereocenters. The molecule has 1 aliphatic rings. The van der Waals surface area contributed by atoms with Crippen molar-refractivity contribution in [2.24, 2.45) is 5.41 Å². The number of hydrogen-bond donors (Lipinski definition) is 0. The predicted molar refractivity (Wildman–Crippen MR) is 64.5 cm³/mol. The maximum Gasteiger partial charge on any atom is 0.184 e. The lowest BCUT2D eigenvalue weighted by Gasteiger charge is -2.40. The zero-order chi connectivity index (χ0) is 11.8. The summed E-state index contributed by atoms with van der Waals surface area (Å²) in [5, 5.41) is 0.730. The fourth-order valence-electron chi connectivity index (χ4n) is 1.61. The van der Waals surface area contributed by atoms with Crippen molar-refractivity contribution in [3.05, 3.63) is 34.9 Å². The van der Waals surface area contributed by atoms with Crippen LogP contribution in [-0.2, 0) is 9.47 Å². The lowest BCUT2D eigenvalue weighted by molar-refractivity contribution is -0.259. The Morgan fingerprint density at radius 2 is 1.88 bits per heavy atom. The highest BCUT2D eigenvalue weighted by Crippen LogP contribution is 2.36. The van der Waals surface area contributed by atoms with Crippen molar-refractivity contribution in [2.75, 3.05) is 6.61 Å². The monoisotopic (exact) mass is 240 g/mol. The van der Waals surface area contributed by atoms with Crippen molar-refractivity contribution in [2.45, 2.75) is 33.2 Å². The van der Waals surface area contributed by atoms with E-state index >= 15 is 0 Å². The summed E-state index contributed by atoms with van der Waals surface area (Å²) in [7, 11) is 0. The average molecular weight is 241 g/mol. The standard InChI is InChI=1S/C13H17ClO2/c1-9-13(2,3)8-15-12(16-9)10-4-6-11(14)7-5-10/h4-7,9,12H,8H2,1-3H3/t9-,12+/m0/s1. The number of hydrogen-bond acceptors (Lipinski definition) is 2. The van der Waals surface area contributed by atoms with Gasteiger partial charge in [0.25, 0.3) is 0 Å². The Morgan fingerprint density at radius 3 is 2.44 bits per heavy atom. The van der Waals surface area contributed by atoms with Crippen molar-refractivity contribution in [3.63, 3.8) is 0 Å². The van der Waals surface area contributed by atoms with Gasteiger partial charge in [0.1, 0.15) is 0 Å². The summed E-state index contributed by atoms with van der Waals surface area (Å²) >= 11 is 5.84. The van der Waals surface area contributed by atoms with Crippen molar-refractivity contribution in [1.82, 2.24) is 0 Å². The smallest absolute Gasteiger partial charge is 0.184 e.